The Morgan fingerprint density at radius 3 is 0.638 bits per heavy atom. The summed E-state index contributed by atoms with van der Waals surface area (Å²) in [4.78, 5) is 44.3. The normalized spacial score (nSPS) is 11.2. The molecule has 0 atom stereocenters. The zero-order valence-electron chi connectivity index (χ0n) is 75.3. The van der Waals surface area contributed by atoms with Crippen LogP contribution >= 0.6 is 0 Å². The van der Waals surface area contributed by atoms with E-state index >= 15 is 0 Å². The average Bonchev–Trinajstić information content (AvgIpc) is 1.59. The summed E-state index contributed by atoms with van der Waals surface area (Å²) in [7, 11) is 0. The number of hydrogen-bond donors (Lipinski definition) is 0. The summed E-state index contributed by atoms with van der Waals surface area (Å²) >= 11 is 0. The van der Waals surface area contributed by atoms with Gasteiger partial charge in [-0.25, -0.2) is 44.9 Å². The largest absolute Gasteiger partial charge is 0.455 e. The van der Waals surface area contributed by atoms with Crippen LogP contribution in [0.4, 0.5) is 0 Å². The maximum atomic E-state index is 10.0. The van der Waals surface area contributed by atoms with Gasteiger partial charge in [-0.15, -0.1) is 0 Å². The van der Waals surface area contributed by atoms with Crippen LogP contribution in [0.2, 0.25) is 0 Å². The minimum atomic E-state index is 0.594. The molecule has 0 aliphatic rings. The van der Waals surface area contributed by atoms with Gasteiger partial charge in [0.05, 0.1) is 34.9 Å². The van der Waals surface area contributed by atoms with E-state index in [2.05, 4.69) is 133 Å². The van der Waals surface area contributed by atoms with Crippen molar-refractivity contribution in [1.29, 1.82) is 15.8 Å². The average molecular weight is 1800 g/mol. The fourth-order valence-electron chi connectivity index (χ4n) is 19.0. The van der Waals surface area contributed by atoms with E-state index in [-0.39, 0.29) is 0 Å². The van der Waals surface area contributed by atoms with Crippen molar-refractivity contribution in [2.75, 3.05) is 0 Å². The molecule has 0 aliphatic heterocycles. The van der Waals surface area contributed by atoms with Crippen LogP contribution in [0.3, 0.4) is 0 Å². The van der Waals surface area contributed by atoms with Crippen molar-refractivity contribution in [2.24, 2.45) is 0 Å². The highest BCUT2D eigenvalue weighted by Crippen LogP contribution is 2.47. The Morgan fingerprint density at radius 2 is 0.348 bits per heavy atom. The summed E-state index contributed by atoms with van der Waals surface area (Å²) in [5, 5.41) is 41.2. The minimum absolute atomic E-state index is 0.594. The number of furan rings is 3. The quantitative estimate of drug-likeness (QED) is 0.0986. The van der Waals surface area contributed by atoms with Crippen molar-refractivity contribution in [3.05, 3.63) is 466 Å². The first-order chi connectivity index (χ1) is 69.7. The van der Waals surface area contributed by atoms with E-state index in [9.17, 15) is 15.8 Å². The predicted molar refractivity (Wildman–Crippen MR) is 564 cm³/mol. The van der Waals surface area contributed by atoms with E-state index in [1.807, 2.05) is 334 Å². The van der Waals surface area contributed by atoms with E-state index in [0.29, 0.717) is 69.1 Å². The lowest BCUT2D eigenvalue weighted by atomic mass is 9.94. The van der Waals surface area contributed by atoms with Crippen molar-refractivity contribution in [2.45, 2.75) is 0 Å². The lowest BCUT2D eigenvalue weighted by molar-refractivity contribution is 0.672. The molecule has 0 saturated heterocycles. The first kappa shape index (κ1) is 84.1. The number of hydrogen-bond acceptors (Lipinski definition) is 15. The molecule has 20 aromatic carbocycles. The molecular weight excluding hydrogens is 1730 g/mol. The van der Waals surface area contributed by atoms with Crippen molar-refractivity contribution in [1.82, 2.24) is 44.9 Å². The summed E-state index contributed by atoms with van der Waals surface area (Å²) in [6, 6.07) is 157. The first-order valence-corrected chi connectivity index (χ1v) is 46.2. The Bertz CT molecular complexity index is 9410. The molecular formula is C126H74N12O3. The van der Waals surface area contributed by atoms with Gasteiger partial charge < -0.3 is 13.3 Å². The van der Waals surface area contributed by atoms with Crippen LogP contribution in [-0.4, -0.2) is 44.9 Å². The third-order valence-corrected chi connectivity index (χ3v) is 25.7. The maximum absolute atomic E-state index is 10.0. The molecule has 0 fully saturated rings. The summed E-state index contributed by atoms with van der Waals surface area (Å²) in [5.41, 5.74) is 25.3. The summed E-state index contributed by atoms with van der Waals surface area (Å²) < 4.78 is 19.3. The van der Waals surface area contributed by atoms with Gasteiger partial charge in [0.25, 0.3) is 0 Å². The van der Waals surface area contributed by atoms with E-state index in [1.165, 1.54) is 0 Å². The molecule has 656 valence electrons. The van der Waals surface area contributed by atoms with Gasteiger partial charge in [-0.1, -0.05) is 388 Å². The van der Waals surface area contributed by atoms with Crippen molar-refractivity contribution >= 4 is 98.1 Å². The van der Waals surface area contributed by atoms with Gasteiger partial charge >= 0.3 is 0 Å². The van der Waals surface area contributed by atoms with Gasteiger partial charge in [-0.05, 0) is 116 Å². The highest BCUT2D eigenvalue weighted by molar-refractivity contribution is 6.23. The summed E-state index contributed by atoms with van der Waals surface area (Å²) in [5.74, 6) is 5.53. The zero-order valence-corrected chi connectivity index (χ0v) is 75.3. The third-order valence-electron chi connectivity index (χ3n) is 25.7. The van der Waals surface area contributed by atoms with Crippen LogP contribution in [-0.2, 0) is 0 Å². The molecule has 26 rings (SSSR count). The summed E-state index contributed by atoms with van der Waals surface area (Å²) in [6.07, 6.45) is 0. The van der Waals surface area contributed by atoms with E-state index in [0.717, 1.165) is 204 Å². The second-order valence-corrected chi connectivity index (χ2v) is 34.2. The number of nitrogens with zero attached hydrogens (tertiary/aromatic N) is 12. The fourth-order valence-corrected chi connectivity index (χ4v) is 19.0. The van der Waals surface area contributed by atoms with Gasteiger partial charge in [0.15, 0.2) is 52.4 Å². The highest BCUT2D eigenvalue weighted by Gasteiger charge is 2.25. The first-order valence-electron chi connectivity index (χ1n) is 46.2. The molecule has 6 aromatic heterocycles. The topological polar surface area (TPSA) is 227 Å². The van der Waals surface area contributed by atoms with Gasteiger partial charge in [-0.2, -0.15) is 15.8 Å². The lowest BCUT2D eigenvalue weighted by Gasteiger charge is -2.11. The van der Waals surface area contributed by atoms with Crippen LogP contribution in [0, 0.1) is 34.0 Å². The zero-order chi connectivity index (χ0) is 94.2. The number of aromatic nitrogens is 9. The predicted octanol–water partition coefficient (Wildman–Crippen LogP) is 31.7. The number of fused-ring (bicyclic) bond motifs is 15. The van der Waals surface area contributed by atoms with Crippen LogP contribution in [0.1, 0.15) is 16.7 Å². The van der Waals surface area contributed by atoms with Crippen molar-refractivity contribution in [3.63, 3.8) is 0 Å². The van der Waals surface area contributed by atoms with Crippen LogP contribution in [0.15, 0.2) is 462 Å². The van der Waals surface area contributed by atoms with E-state index in [4.69, 9.17) is 58.1 Å². The molecule has 0 bridgehead atoms. The maximum Gasteiger partial charge on any atom is 0.164 e. The second-order valence-electron chi connectivity index (χ2n) is 34.2. The minimum Gasteiger partial charge on any atom is -0.455 e. The summed E-state index contributed by atoms with van der Waals surface area (Å²) in [6.45, 7) is 0. The molecule has 0 spiro atoms. The van der Waals surface area contributed by atoms with E-state index in [1.54, 1.807) is 0 Å². The van der Waals surface area contributed by atoms with Gasteiger partial charge in [-0.3, -0.25) is 0 Å². The molecule has 0 radical (unpaired) electrons. The second kappa shape index (κ2) is 36.5. The number of nitriles is 3. The van der Waals surface area contributed by atoms with Crippen LogP contribution in [0.25, 0.3) is 256 Å². The Hall–Kier alpha value is -19.9. The number of rotatable bonds is 14. The van der Waals surface area contributed by atoms with Gasteiger partial charge in [0, 0.05) is 115 Å². The monoisotopic (exact) mass is 1800 g/mol. The van der Waals surface area contributed by atoms with E-state index < -0.39 is 0 Å². The molecule has 141 heavy (non-hydrogen) atoms. The van der Waals surface area contributed by atoms with Crippen molar-refractivity contribution < 1.29 is 13.3 Å². The Morgan fingerprint density at radius 1 is 0.149 bits per heavy atom. The van der Waals surface area contributed by atoms with Gasteiger partial charge in [0.2, 0.25) is 0 Å². The lowest BCUT2D eigenvalue weighted by Crippen LogP contribution is -2.00. The molecule has 26 aromatic rings. The highest BCUT2D eigenvalue weighted by atomic mass is 16.3. The van der Waals surface area contributed by atoms with Crippen molar-refractivity contribution in [3.8, 4) is 176 Å². The molecule has 0 N–H and O–H groups in total. The Balaban J connectivity index is 0.000000115. The molecule has 15 nitrogen and oxygen atoms in total. The molecule has 15 heteroatoms. The van der Waals surface area contributed by atoms with Crippen LogP contribution < -0.4 is 0 Å². The molecule has 0 unspecified atom stereocenters. The van der Waals surface area contributed by atoms with Gasteiger partial charge in [0.1, 0.15) is 33.5 Å². The molecule has 6 heterocycles. The standard InChI is InChI=1S/2C44H26N4O.C38H22N4O/c45-27-34-26-38-40-36(22-11-23-39(40)49-41(38)37-21-8-7-20-35(34)37)32-18-9-16-30(24-32)31-17-10-19-33(25-31)44-47-42(28-12-3-1-4-13-28)46-43(48-44)29-14-5-2-6-15-29;45-27-34-26-38-40-36(19-10-20-39(40)49-41(38)37-18-8-7-17-35(34)37)29-21-23-31(24-22-29)43-46-42(30-13-5-2-6-14-30)47-44(48-43)33-16-9-15-32(25-33)28-11-3-1-4-12-28;39-23-28-22-32-34-30(19-10-20-33(34)43-35(32)31-18-8-7-17-29(28)31)26-15-9-16-27(21-26)38-41-36(24-11-3-1-4-12-24)40-37(42-38)25-13-5-2-6-14-25/h2*1-26H;1-22H. The Labute approximate surface area is 808 Å². The SMILES string of the molecule is N#Cc1cc2c(oc3cccc(-c4ccc(-c5nc(-c6ccccc6)nc(-c6cccc(-c7ccccc7)c6)n5)cc4)c32)c2ccccc12.N#Cc1cc2c(oc3cccc(-c4cccc(-c5cccc(-c6nc(-c7ccccc7)nc(-c7ccccc7)n6)c5)c4)c32)c2ccccc12.N#Cc1cc2c(oc3cccc(-c4cccc(-c5nc(-c6ccccc6)nc(-c6ccccc6)n5)c4)c32)c2ccccc12. The molecule has 0 amide bonds. The number of benzene rings is 20. The smallest absolute Gasteiger partial charge is 0.164 e. The molecule has 0 aliphatic carbocycles. The van der Waals surface area contributed by atoms with Crippen LogP contribution in [0.5, 0.6) is 0 Å². The fraction of sp³-hybridized carbons (Fsp3) is 0. The Kier molecular flexibility index (Phi) is 21.8. The molecule has 0 saturated carbocycles. The third kappa shape index (κ3) is 16.0.